The molecule has 1 atom stereocenters. The van der Waals surface area contributed by atoms with E-state index >= 15 is 0 Å². The summed E-state index contributed by atoms with van der Waals surface area (Å²) in [5, 5.41) is 11.7. The number of aromatic nitrogens is 5. The van der Waals surface area contributed by atoms with E-state index in [9.17, 15) is 35.9 Å². The monoisotopic (exact) mass is 572 g/mol. The lowest BCUT2D eigenvalue weighted by atomic mass is 10.0. The van der Waals surface area contributed by atoms with Gasteiger partial charge in [0, 0.05) is 29.1 Å². The summed E-state index contributed by atoms with van der Waals surface area (Å²) in [6.45, 7) is -3.33. The molecule has 0 fully saturated rings. The maximum absolute atomic E-state index is 14.1. The Morgan fingerprint density at radius 2 is 1.89 bits per heavy atom. The van der Waals surface area contributed by atoms with Crippen LogP contribution in [0.1, 0.15) is 35.8 Å². The maximum atomic E-state index is 14.1. The number of amides is 1. The zero-order valence-corrected chi connectivity index (χ0v) is 21.0. The van der Waals surface area contributed by atoms with Crippen molar-refractivity contribution in [3.8, 4) is 11.3 Å². The van der Waals surface area contributed by atoms with E-state index in [1.54, 1.807) is 0 Å². The first-order valence-electron chi connectivity index (χ1n) is 12.2. The summed E-state index contributed by atoms with van der Waals surface area (Å²) in [4.78, 5) is 24.9. The molecule has 0 aliphatic rings. The van der Waals surface area contributed by atoms with Crippen molar-refractivity contribution < 1.29 is 35.2 Å². The Kier molecular flexibility index (Phi) is 8.02. The number of hydrogen-bond donors (Lipinski definition) is 2. The van der Waals surface area contributed by atoms with Gasteiger partial charge in [-0.05, 0) is 44.9 Å². The second-order valence-electron chi connectivity index (χ2n) is 8.94. The number of nitrogens with one attached hydrogen (secondary N) is 2. The van der Waals surface area contributed by atoms with Gasteiger partial charge in [0.1, 0.15) is 0 Å². The van der Waals surface area contributed by atoms with Crippen LogP contribution >= 0.6 is 12.4 Å². The van der Waals surface area contributed by atoms with Gasteiger partial charge in [0.25, 0.3) is 5.56 Å². The summed E-state index contributed by atoms with van der Waals surface area (Å²) < 4.78 is 105. The van der Waals surface area contributed by atoms with Gasteiger partial charge in [0.2, 0.25) is 5.91 Å². The van der Waals surface area contributed by atoms with Crippen LogP contribution in [0.15, 0.2) is 35.5 Å². The molecule has 1 amide bonds. The summed E-state index contributed by atoms with van der Waals surface area (Å²) in [6.07, 6.45) is -2.11. The van der Waals surface area contributed by atoms with Crippen molar-refractivity contribution in [2.45, 2.75) is 51.1 Å². The van der Waals surface area contributed by atoms with Crippen molar-refractivity contribution in [2.24, 2.45) is 7.05 Å². The van der Waals surface area contributed by atoms with Crippen LogP contribution < -0.4 is 16.2 Å². The molecule has 0 aliphatic carbocycles. The number of pyridine rings is 1. The fourth-order valence-corrected chi connectivity index (χ4v) is 3.59. The molecule has 0 radical (unpaired) electrons. The zero-order chi connectivity index (χ0) is 30.2. The second kappa shape index (κ2) is 11.6. The molecule has 3 aromatic heterocycles. The number of nitrogens with zero attached hydrogens (tertiary/aromatic N) is 5. The van der Waals surface area contributed by atoms with Crippen LogP contribution in [-0.4, -0.2) is 48.6 Å². The molecule has 3 rings (SSSR count). The molecule has 16 heteroatoms. The smallest absolute Gasteiger partial charge is 0.348 e. The highest BCUT2D eigenvalue weighted by Crippen LogP contribution is 2.32. The third-order valence-electron chi connectivity index (χ3n) is 5.30. The highest BCUT2D eigenvalue weighted by molar-refractivity contribution is 5.85. The van der Waals surface area contributed by atoms with E-state index in [0.717, 1.165) is 33.9 Å². The first-order valence-corrected chi connectivity index (χ1v) is 10.7. The van der Waals surface area contributed by atoms with Crippen molar-refractivity contribution in [1.29, 1.82) is 0 Å². The van der Waals surface area contributed by atoms with E-state index in [-0.39, 0.29) is 35.6 Å². The Bertz CT molecular complexity index is 1410. The molecule has 0 aromatic carbocycles. The van der Waals surface area contributed by atoms with Crippen LogP contribution in [0.2, 0.25) is 0 Å². The SMILES string of the molecule is Cl.[2H]C([2H])([2H])N[C@H](Cc1cnn(C(F)F)c1)C(=O)NC(C)(C)Cn1nc(C(F)(F)F)cc1-c1cc(F)c(=O)n(C)c1. The van der Waals surface area contributed by atoms with E-state index in [2.05, 4.69) is 20.8 Å². The van der Waals surface area contributed by atoms with Gasteiger partial charge in [-0.3, -0.25) is 14.3 Å². The van der Waals surface area contributed by atoms with Crippen molar-refractivity contribution >= 4 is 18.3 Å². The van der Waals surface area contributed by atoms with Crippen LogP contribution in [0.5, 0.6) is 0 Å². The van der Waals surface area contributed by atoms with Crippen LogP contribution in [0.4, 0.5) is 26.3 Å². The minimum absolute atomic E-state index is 0. The van der Waals surface area contributed by atoms with Gasteiger partial charge in [0.05, 0.1) is 30.0 Å². The quantitative estimate of drug-likeness (QED) is 0.384. The minimum Gasteiger partial charge on any atom is -0.348 e. The van der Waals surface area contributed by atoms with Crippen LogP contribution in [0, 0.1) is 5.82 Å². The number of likely N-dealkylation sites (N-methyl/N-ethyl adjacent to an activating group) is 1. The van der Waals surface area contributed by atoms with Gasteiger partial charge in [-0.1, -0.05) is 0 Å². The Labute approximate surface area is 223 Å². The fraction of sp³-hybridized carbons (Fsp3) is 0.455. The molecule has 0 unspecified atom stereocenters. The first kappa shape index (κ1) is 26.3. The van der Waals surface area contributed by atoms with Crippen LogP contribution in [0.25, 0.3) is 11.3 Å². The molecule has 2 N–H and O–H groups in total. The molecule has 0 bridgehead atoms. The molecule has 0 saturated heterocycles. The second-order valence-corrected chi connectivity index (χ2v) is 8.94. The van der Waals surface area contributed by atoms with E-state index in [1.807, 2.05) is 0 Å². The highest BCUT2D eigenvalue weighted by Gasteiger charge is 2.36. The van der Waals surface area contributed by atoms with Gasteiger partial charge < -0.3 is 15.2 Å². The third kappa shape index (κ3) is 7.16. The first-order chi connectivity index (χ1) is 18.3. The Morgan fingerprint density at radius 3 is 2.45 bits per heavy atom. The molecule has 38 heavy (non-hydrogen) atoms. The highest BCUT2D eigenvalue weighted by atomic mass is 35.5. The lowest BCUT2D eigenvalue weighted by molar-refractivity contribution is -0.141. The fourth-order valence-electron chi connectivity index (χ4n) is 3.59. The van der Waals surface area contributed by atoms with Crippen LogP contribution in [-0.2, 0) is 31.0 Å². The molecule has 3 aromatic rings. The summed E-state index contributed by atoms with van der Waals surface area (Å²) in [6, 6.07) is -0.0449. The number of rotatable bonds is 9. The summed E-state index contributed by atoms with van der Waals surface area (Å²) in [5.41, 5.74) is -3.86. The summed E-state index contributed by atoms with van der Waals surface area (Å²) in [5.74, 6) is -2.11. The van der Waals surface area contributed by atoms with Gasteiger partial charge in [-0.2, -0.15) is 32.1 Å². The van der Waals surface area contributed by atoms with Gasteiger partial charge in [-0.25, -0.2) is 9.07 Å². The standard InChI is InChI=1S/C22H25F6N7O2.ClH/c1-21(2,31-18(36)15(29-3)5-12-8-30-34(9-12)20(24)25)11-35-16(7-17(32-35)22(26,27)28)13-6-14(23)19(37)33(4)10-13;/h6-10,15,20,29H,5,11H2,1-4H3,(H,31,36);1H/t15-;/m1./s1/i3D3;. The molecular weight excluding hydrogens is 544 g/mol. The van der Waals surface area contributed by atoms with Crippen molar-refractivity contribution in [3.05, 3.63) is 58.2 Å². The number of carbonyl (C=O) groups is 1. The van der Waals surface area contributed by atoms with Gasteiger partial charge in [-0.15, -0.1) is 12.4 Å². The lowest BCUT2D eigenvalue weighted by Crippen LogP contribution is -2.53. The predicted molar refractivity (Wildman–Crippen MR) is 127 cm³/mol. The van der Waals surface area contributed by atoms with Crippen molar-refractivity contribution in [2.75, 3.05) is 6.98 Å². The number of alkyl halides is 5. The van der Waals surface area contributed by atoms with Gasteiger partial charge >= 0.3 is 12.7 Å². The summed E-state index contributed by atoms with van der Waals surface area (Å²) >= 11 is 0. The molecule has 9 nitrogen and oxygen atoms in total. The average molecular weight is 573 g/mol. The van der Waals surface area contributed by atoms with E-state index in [4.69, 9.17) is 4.11 Å². The Balaban J connectivity index is 0.00000588. The molecule has 210 valence electrons. The topological polar surface area (TPSA) is 98.8 Å². The Morgan fingerprint density at radius 1 is 1.21 bits per heavy atom. The number of halogens is 7. The molecule has 0 aliphatic heterocycles. The van der Waals surface area contributed by atoms with E-state index in [0.29, 0.717) is 10.7 Å². The van der Waals surface area contributed by atoms with E-state index in [1.165, 1.54) is 20.9 Å². The molecule has 0 spiro atoms. The molecule has 3 heterocycles. The van der Waals surface area contributed by atoms with Crippen molar-refractivity contribution in [3.63, 3.8) is 0 Å². The van der Waals surface area contributed by atoms with Crippen molar-refractivity contribution in [1.82, 2.24) is 34.8 Å². The normalized spacial score (nSPS) is 14.4. The molecule has 0 saturated carbocycles. The zero-order valence-electron chi connectivity index (χ0n) is 23.2. The lowest BCUT2D eigenvalue weighted by Gasteiger charge is -2.29. The largest absolute Gasteiger partial charge is 0.435 e. The van der Waals surface area contributed by atoms with Gasteiger partial charge in [0.15, 0.2) is 11.5 Å². The predicted octanol–water partition coefficient (Wildman–Crippen LogP) is 3.15. The minimum atomic E-state index is -4.87. The maximum Gasteiger partial charge on any atom is 0.435 e. The number of aryl methyl sites for hydroxylation is 1. The Hall–Kier alpha value is -3.33. The molecular formula is C22H26ClF6N7O2. The third-order valence-corrected chi connectivity index (χ3v) is 5.30. The van der Waals surface area contributed by atoms with E-state index < -0.39 is 60.8 Å². The summed E-state index contributed by atoms with van der Waals surface area (Å²) in [7, 11) is 1.22. The average Bonchev–Trinajstić information content (AvgIpc) is 3.42. The number of hydrogen-bond acceptors (Lipinski definition) is 5. The van der Waals surface area contributed by atoms with Crippen LogP contribution in [0.3, 0.4) is 0 Å². The number of carbonyl (C=O) groups excluding carboxylic acids is 1.